The van der Waals surface area contributed by atoms with E-state index in [0.29, 0.717) is 5.56 Å². The normalized spacial score (nSPS) is 16.5. The van der Waals surface area contributed by atoms with E-state index in [1.807, 2.05) is 0 Å². The van der Waals surface area contributed by atoms with Gasteiger partial charge in [-0.2, -0.15) is 0 Å². The van der Waals surface area contributed by atoms with Crippen molar-refractivity contribution in [3.8, 4) is 0 Å². The van der Waals surface area contributed by atoms with Crippen molar-refractivity contribution < 1.29 is 18.8 Å². The Morgan fingerprint density at radius 3 is 2.42 bits per heavy atom. The van der Waals surface area contributed by atoms with Crippen molar-refractivity contribution in [3.05, 3.63) is 70.0 Å². The first-order valence-electron chi connectivity index (χ1n) is 6.88. The molecule has 1 fully saturated rings. The highest BCUT2D eigenvalue weighted by Crippen LogP contribution is 2.22. The van der Waals surface area contributed by atoms with Crippen LogP contribution in [0.5, 0.6) is 0 Å². The zero-order valence-corrected chi connectivity index (χ0v) is 13.7. The zero-order chi connectivity index (χ0) is 17.3. The van der Waals surface area contributed by atoms with Gasteiger partial charge in [-0.3, -0.25) is 14.9 Å². The minimum atomic E-state index is -0.872. The first-order chi connectivity index (χ1) is 11.5. The quantitative estimate of drug-likeness (QED) is 0.634. The predicted octanol–water partition coefficient (Wildman–Crippen LogP) is 3.25. The Kier molecular flexibility index (Phi) is 4.26. The van der Waals surface area contributed by atoms with Crippen LogP contribution in [-0.2, 0) is 9.59 Å². The third-order valence-corrected chi connectivity index (χ3v) is 3.84. The maximum absolute atomic E-state index is 13.0. The summed E-state index contributed by atoms with van der Waals surface area (Å²) in [5, 5.41) is 2.11. The van der Waals surface area contributed by atoms with Gasteiger partial charge < -0.3 is 0 Å². The first kappa shape index (κ1) is 16.1. The standard InChI is InChI=1S/C17H10BrFN2O3/c18-11-3-1-2-10(8-11)9-14-15(22)20-17(24)21(16(14)23)13-6-4-12(19)5-7-13/h1-9H,(H,20,22,24)/b14-9+. The van der Waals surface area contributed by atoms with Gasteiger partial charge in [-0.05, 0) is 48.0 Å². The Bertz CT molecular complexity index is 878. The van der Waals surface area contributed by atoms with Crippen LogP contribution in [0.4, 0.5) is 14.9 Å². The summed E-state index contributed by atoms with van der Waals surface area (Å²) in [5.74, 6) is -2.04. The molecule has 7 heteroatoms. The number of benzene rings is 2. The van der Waals surface area contributed by atoms with Crippen LogP contribution >= 0.6 is 15.9 Å². The number of amides is 4. The van der Waals surface area contributed by atoms with Crippen molar-refractivity contribution in [2.75, 3.05) is 4.90 Å². The number of rotatable bonds is 2. The van der Waals surface area contributed by atoms with E-state index in [1.54, 1.807) is 24.3 Å². The molecule has 5 nitrogen and oxygen atoms in total. The lowest BCUT2D eigenvalue weighted by atomic mass is 10.1. The molecule has 1 heterocycles. The second-order valence-corrected chi connectivity index (χ2v) is 5.90. The number of imide groups is 2. The van der Waals surface area contributed by atoms with Crippen LogP contribution in [-0.4, -0.2) is 17.8 Å². The Balaban J connectivity index is 2.01. The van der Waals surface area contributed by atoms with Gasteiger partial charge in [0.2, 0.25) is 0 Å². The molecule has 1 N–H and O–H groups in total. The van der Waals surface area contributed by atoms with Gasteiger partial charge in [-0.25, -0.2) is 14.1 Å². The number of nitrogens with one attached hydrogen (secondary N) is 1. The van der Waals surface area contributed by atoms with Crippen molar-refractivity contribution in [2.24, 2.45) is 0 Å². The summed E-state index contributed by atoms with van der Waals surface area (Å²) in [6.45, 7) is 0. The number of halogens is 2. The highest BCUT2D eigenvalue weighted by Gasteiger charge is 2.36. The summed E-state index contributed by atoms with van der Waals surface area (Å²) in [4.78, 5) is 37.4. The molecule has 2 aromatic rings. The van der Waals surface area contributed by atoms with Crippen LogP contribution < -0.4 is 10.2 Å². The van der Waals surface area contributed by atoms with Crippen LogP contribution in [0.15, 0.2) is 58.6 Å². The maximum Gasteiger partial charge on any atom is 0.335 e. The zero-order valence-electron chi connectivity index (χ0n) is 12.1. The molecule has 0 saturated carbocycles. The summed E-state index contributed by atoms with van der Waals surface area (Å²) in [5.41, 5.74) is 0.611. The Labute approximate surface area is 144 Å². The number of urea groups is 1. The lowest BCUT2D eigenvalue weighted by Crippen LogP contribution is -2.54. The van der Waals surface area contributed by atoms with E-state index in [4.69, 9.17) is 0 Å². The van der Waals surface area contributed by atoms with E-state index in [-0.39, 0.29) is 11.3 Å². The Morgan fingerprint density at radius 2 is 1.75 bits per heavy atom. The highest BCUT2D eigenvalue weighted by molar-refractivity contribution is 9.10. The molecule has 0 bridgehead atoms. The molecular weight excluding hydrogens is 379 g/mol. The van der Waals surface area contributed by atoms with E-state index in [9.17, 15) is 18.8 Å². The number of hydrogen-bond acceptors (Lipinski definition) is 3. The van der Waals surface area contributed by atoms with E-state index < -0.39 is 23.7 Å². The molecule has 0 aromatic heterocycles. The van der Waals surface area contributed by atoms with Crippen LogP contribution in [0.3, 0.4) is 0 Å². The summed E-state index contributed by atoms with van der Waals surface area (Å²) < 4.78 is 13.8. The van der Waals surface area contributed by atoms with Gasteiger partial charge in [0, 0.05) is 4.47 Å². The van der Waals surface area contributed by atoms with Gasteiger partial charge in [0.05, 0.1) is 5.69 Å². The third-order valence-electron chi connectivity index (χ3n) is 3.35. The molecule has 120 valence electrons. The van der Waals surface area contributed by atoms with E-state index >= 15 is 0 Å². The fraction of sp³-hybridized carbons (Fsp3) is 0. The van der Waals surface area contributed by atoms with Crippen molar-refractivity contribution in [1.82, 2.24) is 5.32 Å². The fourth-order valence-corrected chi connectivity index (χ4v) is 2.66. The summed E-state index contributed by atoms with van der Waals surface area (Å²) >= 11 is 3.31. The monoisotopic (exact) mass is 388 g/mol. The molecule has 1 saturated heterocycles. The van der Waals surface area contributed by atoms with E-state index in [2.05, 4.69) is 21.2 Å². The molecule has 0 atom stereocenters. The minimum absolute atomic E-state index is 0.173. The van der Waals surface area contributed by atoms with Crippen LogP contribution in [0.25, 0.3) is 6.08 Å². The second-order valence-electron chi connectivity index (χ2n) is 4.99. The molecular formula is C17H10BrFN2O3. The van der Waals surface area contributed by atoms with Crippen molar-refractivity contribution in [3.63, 3.8) is 0 Å². The topological polar surface area (TPSA) is 66.5 Å². The van der Waals surface area contributed by atoms with Gasteiger partial charge in [0.1, 0.15) is 11.4 Å². The lowest BCUT2D eigenvalue weighted by molar-refractivity contribution is -0.122. The Hall–Kier alpha value is -2.80. The maximum atomic E-state index is 13.0. The van der Waals surface area contributed by atoms with Gasteiger partial charge in [-0.1, -0.05) is 28.1 Å². The third kappa shape index (κ3) is 3.11. The SMILES string of the molecule is O=C1NC(=O)N(c2ccc(F)cc2)C(=O)/C1=C/c1cccc(Br)c1. The molecule has 3 rings (SSSR count). The molecule has 1 aliphatic heterocycles. The Morgan fingerprint density at radius 1 is 1.04 bits per heavy atom. The lowest BCUT2D eigenvalue weighted by Gasteiger charge is -2.26. The number of nitrogens with zero attached hydrogens (tertiary/aromatic N) is 1. The summed E-state index contributed by atoms with van der Waals surface area (Å²) in [6.07, 6.45) is 1.39. The van der Waals surface area contributed by atoms with Gasteiger partial charge in [-0.15, -0.1) is 0 Å². The van der Waals surface area contributed by atoms with E-state index in [1.165, 1.54) is 18.2 Å². The van der Waals surface area contributed by atoms with Crippen LogP contribution in [0.2, 0.25) is 0 Å². The number of carbonyl (C=O) groups is 3. The van der Waals surface area contributed by atoms with Crippen molar-refractivity contribution in [1.29, 1.82) is 0 Å². The molecule has 0 aliphatic carbocycles. The van der Waals surface area contributed by atoms with Gasteiger partial charge in [0.15, 0.2) is 0 Å². The average Bonchev–Trinajstić information content (AvgIpc) is 2.53. The van der Waals surface area contributed by atoms with Gasteiger partial charge in [0.25, 0.3) is 11.8 Å². The largest absolute Gasteiger partial charge is 0.335 e. The van der Waals surface area contributed by atoms with Crippen LogP contribution in [0, 0.1) is 5.82 Å². The molecule has 2 aromatic carbocycles. The number of anilines is 1. The second kappa shape index (κ2) is 6.37. The van der Waals surface area contributed by atoms with Crippen LogP contribution in [0.1, 0.15) is 5.56 Å². The fourth-order valence-electron chi connectivity index (χ4n) is 2.25. The summed E-state index contributed by atoms with van der Waals surface area (Å²) in [7, 11) is 0. The number of barbiturate groups is 1. The molecule has 24 heavy (non-hydrogen) atoms. The summed E-state index contributed by atoms with van der Waals surface area (Å²) in [6, 6.07) is 11.0. The molecule has 0 spiro atoms. The average molecular weight is 389 g/mol. The van der Waals surface area contributed by atoms with Crippen molar-refractivity contribution >= 4 is 45.5 Å². The highest BCUT2D eigenvalue weighted by atomic mass is 79.9. The number of carbonyl (C=O) groups excluding carboxylic acids is 3. The first-order valence-corrected chi connectivity index (χ1v) is 7.67. The molecule has 4 amide bonds. The molecule has 1 aliphatic rings. The number of hydrogen-bond donors (Lipinski definition) is 1. The minimum Gasteiger partial charge on any atom is -0.273 e. The van der Waals surface area contributed by atoms with Crippen molar-refractivity contribution in [2.45, 2.75) is 0 Å². The van der Waals surface area contributed by atoms with E-state index in [0.717, 1.165) is 21.5 Å². The molecule has 0 unspecified atom stereocenters. The molecule has 0 radical (unpaired) electrons. The predicted molar refractivity (Wildman–Crippen MR) is 89.5 cm³/mol. The van der Waals surface area contributed by atoms with Gasteiger partial charge >= 0.3 is 6.03 Å². The smallest absolute Gasteiger partial charge is 0.273 e.